The van der Waals surface area contributed by atoms with Crippen LogP contribution in [0.2, 0.25) is 0 Å². The SMILES string of the molecule is CCNC(c1cnsn1)c1cc(C)c(OC)cc1C. The lowest BCUT2D eigenvalue weighted by Crippen LogP contribution is -2.23. The van der Waals surface area contributed by atoms with Gasteiger partial charge in [-0.2, -0.15) is 8.75 Å². The molecule has 4 nitrogen and oxygen atoms in total. The molecule has 1 aromatic carbocycles. The average molecular weight is 277 g/mol. The van der Waals surface area contributed by atoms with Crippen molar-refractivity contribution in [2.45, 2.75) is 26.8 Å². The van der Waals surface area contributed by atoms with Gasteiger partial charge < -0.3 is 10.1 Å². The van der Waals surface area contributed by atoms with Gasteiger partial charge in [-0.25, -0.2) is 0 Å². The number of benzene rings is 1. The van der Waals surface area contributed by atoms with Crippen molar-refractivity contribution in [3.8, 4) is 5.75 Å². The van der Waals surface area contributed by atoms with E-state index >= 15 is 0 Å². The summed E-state index contributed by atoms with van der Waals surface area (Å²) in [5, 5.41) is 3.47. The van der Waals surface area contributed by atoms with Crippen LogP contribution in [0.5, 0.6) is 5.75 Å². The van der Waals surface area contributed by atoms with Gasteiger partial charge in [-0.05, 0) is 43.1 Å². The summed E-state index contributed by atoms with van der Waals surface area (Å²) >= 11 is 1.24. The predicted octanol–water partition coefficient (Wildman–Crippen LogP) is 2.86. The second kappa shape index (κ2) is 6.12. The number of hydrogen-bond donors (Lipinski definition) is 1. The summed E-state index contributed by atoms with van der Waals surface area (Å²) in [6.07, 6.45) is 1.83. The Morgan fingerprint density at radius 2 is 2.11 bits per heavy atom. The van der Waals surface area contributed by atoms with Crippen molar-refractivity contribution in [1.29, 1.82) is 0 Å². The summed E-state index contributed by atoms with van der Waals surface area (Å²) in [6, 6.07) is 4.34. The van der Waals surface area contributed by atoms with E-state index in [4.69, 9.17) is 4.74 Å². The third-order valence-electron chi connectivity index (χ3n) is 3.18. The van der Waals surface area contributed by atoms with Crippen LogP contribution in [0.1, 0.15) is 35.3 Å². The molecule has 1 unspecified atom stereocenters. The first-order chi connectivity index (χ1) is 9.17. The zero-order valence-electron chi connectivity index (χ0n) is 11.7. The molecule has 0 aliphatic heterocycles. The molecule has 1 aromatic heterocycles. The van der Waals surface area contributed by atoms with Gasteiger partial charge in [-0.15, -0.1) is 0 Å². The van der Waals surface area contributed by atoms with Gasteiger partial charge >= 0.3 is 0 Å². The maximum absolute atomic E-state index is 5.36. The largest absolute Gasteiger partial charge is 0.496 e. The normalized spacial score (nSPS) is 12.4. The highest BCUT2D eigenvalue weighted by molar-refractivity contribution is 6.99. The highest BCUT2D eigenvalue weighted by atomic mass is 32.1. The summed E-state index contributed by atoms with van der Waals surface area (Å²) in [7, 11) is 1.70. The Kier molecular flexibility index (Phi) is 4.50. The van der Waals surface area contributed by atoms with Crippen LogP contribution in [-0.2, 0) is 0 Å². The fourth-order valence-electron chi connectivity index (χ4n) is 2.22. The molecule has 0 amide bonds. The number of rotatable bonds is 5. The number of hydrogen-bond acceptors (Lipinski definition) is 5. The third-order valence-corrected chi connectivity index (χ3v) is 3.67. The summed E-state index contributed by atoms with van der Waals surface area (Å²) in [6.45, 7) is 7.14. The van der Waals surface area contributed by atoms with E-state index in [1.807, 2.05) is 6.20 Å². The van der Waals surface area contributed by atoms with E-state index in [0.29, 0.717) is 0 Å². The number of nitrogens with one attached hydrogen (secondary N) is 1. The van der Waals surface area contributed by atoms with Crippen molar-refractivity contribution in [3.05, 3.63) is 40.7 Å². The Morgan fingerprint density at radius 1 is 1.32 bits per heavy atom. The standard InChI is InChI=1S/C14H19N3OS/c1-5-15-14(12-8-16-19-17-12)11-6-10(3)13(18-4)7-9(11)2/h6-8,14-15H,5H2,1-4H3. The van der Waals surface area contributed by atoms with Crippen molar-refractivity contribution in [1.82, 2.24) is 14.1 Å². The van der Waals surface area contributed by atoms with E-state index in [0.717, 1.165) is 23.6 Å². The van der Waals surface area contributed by atoms with Crippen molar-refractivity contribution in [3.63, 3.8) is 0 Å². The minimum absolute atomic E-state index is 0.0911. The number of aromatic nitrogens is 2. The zero-order valence-corrected chi connectivity index (χ0v) is 12.5. The fraction of sp³-hybridized carbons (Fsp3) is 0.429. The van der Waals surface area contributed by atoms with Crippen molar-refractivity contribution in [2.24, 2.45) is 0 Å². The molecule has 1 atom stereocenters. The second-order valence-corrected chi connectivity index (χ2v) is 5.06. The molecule has 102 valence electrons. The molecular weight excluding hydrogens is 258 g/mol. The molecule has 1 N–H and O–H groups in total. The van der Waals surface area contributed by atoms with Gasteiger partial charge in [0.2, 0.25) is 0 Å². The monoisotopic (exact) mass is 277 g/mol. The van der Waals surface area contributed by atoms with Crippen LogP contribution >= 0.6 is 11.7 Å². The Labute approximate surface area is 118 Å². The van der Waals surface area contributed by atoms with Crippen LogP contribution in [0.25, 0.3) is 0 Å². The van der Waals surface area contributed by atoms with Gasteiger partial charge in [0.05, 0.1) is 36.8 Å². The van der Waals surface area contributed by atoms with Crippen LogP contribution in [0.4, 0.5) is 0 Å². The van der Waals surface area contributed by atoms with Gasteiger partial charge in [0.1, 0.15) is 5.75 Å². The van der Waals surface area contributed by atoms with E-state index in [2.05, 4.69) is 47.0 Å². The minimum atomic E-state index is 0.0911. The Hall–Kier alpha value is -1.46. The van der Waals surface area contributed by atoms with E-state index in [-0.39, 0.29) is 6.04 Å². The molecule has 2 aromatic rings. The first-order valence-corrected chi connectivity index (χ1v) is 7.06. The molecule has 0 aliphatic rings. The van der Waals surface area contributed by atoms with Crippen LogP contribution in [-0.4, -0.2) is 22.4 Å². The highest BCUT2D eigenvalue weighted by Gasteiger charge is 2.19. The maximum Gasteiger partial charge on any atom is 0.122 e. The lowest BCUT2D eigenvalue weighted by Gasteiger charge is -2.20. The minimum Gasteiger partial charge on any atom is -0.496 e. The number of nitrogens with zero attached hydrogens (tertiary/aromatic N) is 2. The summed E-state index contributed by atoms with van der Waals surface area (Å²) in [5.74, 6) is 0.924. The lowest BCUT2D eigenvalue weighted by molar-refractivity contribution is 0.411. The van der Waals surface area contributed by atoms with Crippen LogP contribution in [0, 0.1) is 13.8 Å². The van der Waals surface area contributed by atoms with Gasteiger partial charge in [-0.3, -0.25) is 0 Å². The van der Waals surface area contributed by atoms with Crippen LogP contribution in [0.15, 0.2) is 18.3 Å². The Bertz CT molecular complexity index is 540. The van der Waals surface area contributed by atoms with Gasteiger partial charge in [0.25, 0.3) is 0 Å². The van der Waals surface area contributed by atoms with E-state index < -0.39 is 0 Å². The summed E-state index contributed by atoms with van der Waals surface area (Å²) in [4.78, 5) is 0. The summed E-state index contributed by atoms with van der Waals surface area (Å²) in [5.41, 5.74) is 4.53. The first-order valence-electron chi connectivity index (χ1n) is 6.33. The van der Waals surface area contributed by atoms with Gasteiger partial charge in [0, 0.05) is 0 Å². The first kappa shape index (κ1) is 14.0. The average Bonchev–Trinajstić information content (AvgIpc) is 2.92. The van der Waals surface area contributed by atoms with Crippen molar-refractivity contribution in [2.75, 3.05) is 13.7 Å². The van der Waals surface area contributed by atoms with Crippen LogP contribution < -0.4 is 10.1 Å². The molecule has 5 heteroatoms. The second-order valence-electron chi connectivity index (χ2n) is 4.50. The van der Waals surface area contributed by atoms with Crippen molar-refractivity contribution < 1.29 is 4.74 Å². The van der Waals surface area contributed by atoms with E-state index in [1.54, 1.807) is 7.11 Å². The molecule has 0 radical (unpaired) electrons. The van der Waals surface area contributed by atoms with E-state index in [9.17, 15) is 0 Å². The number of aryl methyl sites for hydroxylation is 2. The Morgan fingerprint density at radius 3 is 2.68 bits per heavy atom. The quantitative estimate of drug-likeness (QED) is 0.913. The molecule has 0 fully saturated rings. The number of methoxy groups -OCH3 is 1. The van der Waals surface area contributed by atoms with Gasteiger partial charge in [0.15, 0.2) is 0 Å². The zero-order chi connectivity index (χ0) is 13.8. The van der Waals surface area contributed by atoms with Gasteiger partial charge in [-0.1, -0.05) is 13.0 Å². The van der Waals surface area contributed by atoms with Crippen molar-refractivity contribution >= 4 is 11.7 Å². The highest BCUT2D eigenvalue weighted by Crippen LogP contribution is 2.29. The predicted molar refractivity (Wildman–Crippen MR) is 77.9 cm³/mol. The molecule has 0 saturated carbocycles. The molecule has 1 heterocycles. The van der Waals surface area contributed by atoms with Crippen LogP contribution in [0.3, 0.4) is 0 Å². The fourth-order valence-corrected chi connectivity index (χ4v) is 2.67. The maximum atomic E-state index is 5.36. The molecule has 19 heavy (non-hydrogen) atoms. The topological polar surface area (TPSA) is 47.0 Å². The molecule has 2 rings (SSSR count). The molecule has 0 bridgehead atoms. The molecular formula is C14H19N3OS. The molecule has 0 spiro atoms. The smallest absolute Gasteiger partial charge is 0.122 e. The summed E-state index contributed by atoms with van der Waals surface area (Å²) < 4.78 is 13.8. The van der Waals surface area contributed by atoms with E-state index in [1.165, 1.54) is 22.9 Å². The molecule has 0 saturated heterocycles. The third kappa shape index (κ3) is 2.93. The number of ether oxygens (including phenoxy) is 1. The lowest BCUT2D eigenvalue weighted by atomic mass is 9.96. The molecule has 0 aliphatic carbocycles. The Balaban J connectivity index is 2.45.